The maximum absolute atomic E-state index is 4.33. The predicted molar refractivity (Wildman–Crippen MR) is 65.5 cm³/mol. The molecular weight excluding hydrogens is 198 g/mol. The van der Waals surface area contributed by atoms with Gasteiger partial charge in [0.15, 0.2) is 0 Å². The van der Waals surface area contributed by atoms with Crippen LogP contribution in [0.3, 0.4) is 0 Å². The van der Waals surface area contributed by atoms with Crippen molar-refractivity contribution < 1.29 is 0 Å². The van der Waals surface area contributed by atoms with Gasteiger partial charge in [-0.2, -0.15) is 5.10 Å². The first-order chi connectivity index (χ1) is 7.90. The Bertz CT molecular complexity index is 514. The first-order valence-electron chi connectivity index (χ1n) is 5.78. The second kappa shape index (κ2) is 3.67. The van der Waals surface area contributed by atoms with E-state index in [0.717, 1.165) is 19.5 Å². The number of benzene rings is 1. The van der Waals surface area contributed by atoms with Crippen molar-refractivity contribution in [2.75, 3.05) is 11.9 Å². The summed E-state index contributed by atoms with van der Waals surface area (Å²) in [5, 5.41) is 7.74. The van der Waals surface area contributed by atoms with Gasteiger partial charge >= 0.3 is 0 Å². The van der Waals surface area contributed by atoms with Crippen LogP contribution < -0.4 is 5.32 Å². The first-order valence-corrected chi connectivity index (χ1v) is 5.78. The summed E-state index contributed by atoms with van der Waals surface area (Å²) in [5.41, 5.74) is 5.25. The first kappa shape index (κ1) is 9.46. The minimum Gasteiger partial charge on any atom is -0.384 e. The van der Waals surface area contributed by atoms with Crippen molar-refractivity contribution in [3.63, 3.8) is 0 Å². The maximum atomic E-state index is 4.33. The van der Waals surface area contributed by atoms with Gasteiger partial charge in [0.05, 0.1) is 5.69 Å². The Morgan fingerprint density at radius 1 is 1.38 bits per heavy atom. The molecule has 0 aliphatic carbocycles. The van der Waals surface area contributed by atoms with Gasteiger partial charge in [-0.05, 0) is 31.0 Å². The van der Waals surface area contributed by atoms with E-state index in [4.69, 9.17) is 0 Å². The lowest BCUT2D eigenvalue weighted by Gasteiger charge is -2.09. The summed E-state index contributed by atoms with van der Waals surface area (Å²) in [7, 11) is 0. The van der Waals surface area contributed by atoms with Crippen LogP contribution in [0.15, 0.2) is 30.5 Å². The zero-order valence-electron chi connectivity index (χ0n) is 9.40. The number of aromatic nitrogens is 2. The Labute approximate surface area is 95.1 Å². The van der Waals surface area contributed by atoms with Gasteiger partial charge in [-0.1, -0.05) is 12.1 Å². The molecule has 0 unspecified atom stereocenters. The Morgan fingerprint density at radius 2 is 2.31 bits per heavy atom. The van der Waals surface area contributed by atoms with Crippen LogP contribution in [0.25, 0.3) is 11.3 Å². The topological polar surface area (TPSA) is 29.9 Å². The Morgan fingerprint density at radius 3 is 3.19 bits per heavy atom. The average Bonchev–Trinajstić information content (AvgIpc) is 2.96. The summed E-state index contributed by atoms with van der Waals surface area (Å²) in [5.74, 6) is 0. The number of hydrogen-bond acceptors (Lipinski definition) is 2. The molecule has 3 heteroatoms. The summed E-state index contributed by atoms with van der Waals surface area (Å²) >= 11 is 0. The largest absolute Gasteiger partial charge is 0.384 e. The summed E-state index contributed by atoms with van der Waals surface area (Å²) in [6.45, 7) is 4.09. The van der Waals surface area contributed by atoms with E-state index in [0.29, 0.717) is 0 Å². The molecule has 16 heavy (non-hydrogen) atoms. The molecule has 0 radical (unpaired) electrons. The third-order valence-corrected chi connectivity index (χ3v) is 3.16. The lowest BCUT2D eigenvalue weighted by atomic mass is 10.0. The van der Waals surface area contributed by atoms with Crippen molar-refractivity contribution in [3.8, 4) is 11.3 Å². The van der Waals surface area contributed by atoms with Crippen LogP contribution in [0.2, 0.25) is 0 Å². The fourth-order valence-electron chi connectivity index (χ4n) is 2.40. The van der Waals surface area contributed by atoms with E-state index in [1.165, 1.54) is 22.5 Å². The zero-order chi connectivity index (χ0) is 11.0. The molecule has 1 aromatic heterocycles. The van der Waals surface area contributed by atoms with Crippen LogP contribution in [0, 0.1) is 0 Å². The van der Waals surface area contributed by atoms with Crippen LogP contribution in [-0.2, 0) is 13.0 Å². The van der Waals surface area contributed by atoms with Gasteiger partial charge in [0.25, 0.3) is 0 Å². The number of nitrogens with one attached hydrogen (secondary N) is 1. The smallest absolute Gasteiger partial charge is 0.0685 e. The molecule has 0 amide bonds. The fourth-order valence-corrected chi connectivity index (χ4v) is 2.40. The van der Waals surface area contributed by atoms with Gasteiger partial charge in [0.2, 0.25) is 0 Å². The van der Waals surface area contributed by atoms with Crippen LogP contribution in [0.4, 0.5) is 5.69 Å². The number of fused-ring (bicyclic) bond motifs is 1. The molecule has 1 aliphatic rings. The standard InChI is InChI=1S/C13H15N3/c1-2-16-13(7-9-15-16)11-4-3-5-12-10(11)6-8-14-12/h3-5,7,9,14H,2,6,8H2,1H3. The van der Waals surface area contributed by atoms with Crippen molar-refractivity contribution in [1.29, 1.82) is 0 Å². The highest BCUT2D eigenvalue weighted by Gasteiger charge is 2.16. The summed E-state index contributed by atoms with van der Waals surface area (Å²) in [6.07, 6.45) is 2.99. The van der Waals surface area contributed by atoms with E-state index in [-0.39, 0.29) is 0 Å². The minimum absolute atomic E-state index is 0.916. The van der Waals surface area contributed by atoms with Gasteiger partial charge in [-0.3, -0.25) is 4.68 Å². The van der Waals surface area contributed by atoms with Crippen molar-refractivity contribution in [2.45, 2.75) is 19.9 Å². The highest BCUT2D eigenvalue weighted by atomic mass is 15.3. The molecule has 0 fully saturated rings. The van der Waals surface area contributed by atoms with Gasteiger partial charge in [0.1, 0.15) is 0 Å². The number of nitrogens with zero attached hydrogens (tertiary/aromatic N) is 2. The SMILES string of the molecule is CCn1nccc1-c1cccc2c1CCN2. The number of hydrogen-bond donors (Lipinski definition) is 1. The Hall–Kier alpha value is -1.77. The quantitative estimate of drug-likeness (QED) is 0.830. The van der Waals surface area contributed by atoms with E-state index in [9.17, 15) is 0 Å². The van der Waals surface area contributed by atoms with Gasteiger partial charge in [-0.25, -0.2) is 0 Å². The second-order valence-electron chi connectivity index (χ2n) is 4.04. The lowest BCUT2D eigenvalue weighted by molar-refractivity contribution is 0.667. The van der Waals surface area contributed by atoms with E-state index in [2.05, 4.69) is 41.6 Å². The number of anilines is 1. The van der Waals surface area contributed by atoms with Crippen molar-refractivity contribution in [1.82, 2.24) is 9.78 Å². The Balaban J connectivity index is 2.17. The maximum Gasteiger partial charge on any atom is 0.0685 e. The summed E-state index contributed by atoms with van der Waals surface area (Å²) in [6, 6.07) is 8.55. The third-order valence-electron chi connectivity index (χ3n) is 3.16. The summed E-state index contributed by atoms with van der Waals surface area (Å²) < 4.78 is 2.05. The van der Waals surface area contributed by atoms with Crippen LogP contribution in [0.5, 0.6) is 0 Å². The van der Waals surface area contributed by atoms with Gasteiger partial charge < -0.3 is 5.32 Å². The van der Waals surface area contributed by atoms with Gasteiger partial charge in [0, 0.05) is 30.5 Å². The molecule has 0 saturated heterocycles. The molecular formula is C13H15N3. The summed E-state index contributed by atoms with van der Waals surface area (Å²) in [4.78, 5) is 0. The molecule has 1 aliphatic heterocycles. The minimum atomic E-state index is 0.916. The van der Waals surface area contributed by atoms with Crippen molar-refractivity contribution in [3.05, 3.63) is 36.0 Å². The molecule has 0 saturated carbocycles. The van der Waals surface area contributed by atoms with Crippen molar-refractivity contribution in [2.24, 2.45) is 0 Å². The van der Waals surface area contributed by atoms with Gasteiger partial charge in [-0.15, -0.1) is 0 Å². The number of aryl methyl sites for hydroxylation is 1. The highest BCUT2D eigenvalue weighted by molar-refractivity contribution is 5.73. The molecule has 2 heterocycles. The Kier molecular flexibility index (Phi) is 2.17. The highest BCUT2D eigenvalue weighted by Crippen LogP contribution is 2.32. The molecule has 3 nitrogen and oxygen atoms in total. The number of rotatable bonds is 2. The lowest BCUT2D eigenvalue weighted by Crippen LogP contribution is -2.00. The van der Waals surface area contributed by atoms with E-state index in [1.54, 1.807) is 0 Å². The zero-order valence-corrected chi connectivity index (χ0v) is 9.40. The monoisotopic (exact) mass is 213 g/mol. The normalized spacial score (nSPS) is 13.6. The molecule has 0 bridgehead atoms. The molecule has 1 aromatic carbocycles. The third kappa shape index (κ3) is 1.32. The molecule has 0 spiro atoms. The van der Waals surface area contributed by atoms with E-state index >= 15 is 0 Å². The predicted octanol–water partition coefficient (Wildman–Crippen LogP) is 2.54. The molecule has 3 rings (SSSR count). The van der Waals surface area contributed by atoms with Crippen molar-refractivity contribution >= 4 is 5.69 Å². The van der Waals surface area contributed by atoms with E-state index < -0.39 is 0 Å². The average molecular weight is 213 g/mol. The molecule has 1 N–H and O–H groups in total. The van der Waals surface area contributed by atoms with E-state index in [1.807, 2.05) is 10.9 Å². The van der Waals surface area contributed by atoms with Crippen LogP contribution in [0.1, 0.15) is 12.5 Å². The van der Waals surface area contributed by atoms with Crippen LogP contribution >= 0.6 is 0 Å². The molecule has 0 atom stereocenters. The molecule has 2 aromatic rings. The second-order valence-corrected chi connectivity index (χ2v) is 4.04. The molecule has 82 valence electrons. The van der Waals surface area contributed by atoms with Crippen LogP contribution in [-0.4, -0.2) is 16.3 Å². The fraction of sp³-hybridized carbons (Fsp3) is 0.308.